The number of carboxylic acid groups (broad SMARTS) is 1. The van der Waals surface area contributed by atoms with Crippen LogP contribution >= 0.6 is 11.3 Å². The highest BCUT2D eigenvalue weighted by Crippen LogP contribution is 2.38. The minimum atomic E-state index is -0.747. The van der Waals surface area contributed by atoms with E-state index >= 15 is 0 Å². The van der Waals surface area contributed by atoms with Gasteiger partial charge in [-0.15, -0.1) is 11.3 Å². The molecule has 0 amide bonds. The molecule has 0 aromatic carbocycles. The summed E-state index contributed by atoms with van der Waals surface area (Å²) in [6, 6.07) is 0. The van der Waals surface area contributed by atoms with E-state index in [4.69, 9.17) is 0 Å². The zero-order chi connectivity index (χ0) is 14.9. The molecule has 0 bridgehead atoms. The van der Waals surface area contributed by atoms with Crippen molar-refractivity contribution in [2.75, 3.05) is 11.9 Å². The van der Waals surface area contributed by atoms with Crippen LogP contribution in [0.2, 0.25) is 0 Å². The number of fused-ring (bicyclic) bond motifs is 1. The molecule has 112 valence electrons. The van der Waals surface area contributed by atoms with Crippen molar-refractivity contribution in [2.24, 2.45) is 17.8 Å². The Morgan fingerprint density at radius 3 is 2.60 bits per heavy atom. The number of aryl methyl sites for hydroxylation is 1. The van der Waals surface area contributed by atoms with E-state index in [-0.39, 0.29) is 0 Å². The van der Waals surface area contributed by atoms with Crippen molar-refractivity contribution in [2.45, 2.75) is 46.5 Å². The van der Waals surface area contributed by atoms with Crippen LogP contribution in [0.25, 0.3) is 0 Å². The predicted octanol–water partition coefficient (Wildman–Crippen LogP) is 3.60. The largest absolute Gasteiger partial charge is 0.481 e. The van der Waals surface area contributed by atoms with Crippen molar-refractivity contribution in [1.82, 2.24) is 4.98 Å². The highest BCUT2D eigenvalue weighted by molar-refractivity contribution is 7.15. The van der Waals surface area contributed by atoms with Crippen LogP contribution in [0, 0.1) is 17.8 Å². The minimum absolute atomic E-state index is 0.400. The minimum Gasteiger partial charge on any atom is -0.481 e. The van der Waals surface area contributed by atoms with E-state index in [2.05, 4.69) is 38.0 Å². The van der Waals surface area contributed by atoms with Crippen LogP contribution in [0.4, 0.5) is 5.13 Å². The Labute approximate surface area is 124 Å². The second-order valence-electron chi connectivity index (χ2n) is 6.29. The van der Waals surface area contributed by atoms with Gasteiger partial charge < -0.3 is 10.4 Å². The Morgan fingerprint density at radius 1 is 1.40 bits per heavy atom. The highest BCUT2D eigenvalue weighted by Gasteiger charge is 2.32. The molecule has 1 aromatic rings. The Balaban J connectivity index is 2.02. The third kappa shape index (κ3) is 3.14. The average Bonchev–Trinajstić information content (AvgIpc) is 2.86. The molecule has 0 radical (unpaired) electrons. The van der Waals surface area contributed by atoms with Gasteiger partial charge in [0.2, 0.25) is 0 Å². The molecule has 1 atom stereocenters. The van der Waals surface area contributed by atoms with E-state index in [0.29, 0.717) is 24.2 Å². The molecular formula is C15H24N2O2S. The van der Waals surface area contributed by atoms with E-state index in [1.54, 1.807) is 11.3 Å². The molecule has 0 saturated carbocycles. The first kappa shape index (κ1) is 15.3. The van der Waals surface area contributed by atoms with Crippen molar-refractivity contribution in [3.8, 4) is 0 Å². The molecule has 0 spiro atoms. The molecule has 0 fully saturated rings. The van der Waals surface area contributed by atoms with Gasteiger partial charge in [0, 0.05) is 11.4 Å². The third-order valence-electron chi connectivity index (χ3n) is 4.22. The summed E-state index contributed by atoms with van der Waals surface area (Å²) in [4.78, 5) is 16.8. The molecule has 20 heavy (non-hydrogen) atoms. The number of thiazole rings is 1. The standard InChI is InChI=1S/C15H24N2O2S/c1-8(2)11(9(3)4)7-16-15-17-13-10(14(18)19)5-6-12(13)20-15/h8-11H,5-7H2,1-4H3,(H,16,17)(H,18,19). The molecule has 1 unspecified atom stereocenters. The van der Waals surface area contributed by atoms with Crippen molar-refractivity contribution in [1.29, 1.82) is 0 Å². The quantitative estimate of drug-likeness (QED) is 0.842. The maximum Gasteiger partial charge on any atom is 0.312 e. The fourth-order valence-electron chi connectivity index (χ4n) is 2.99. The first-order chi connectivity index (χ1) is 9.40. The summed E-state index contributed by atoms with van der Waals surface area (Å²) in [7, 11) is 0. The van der Waals surface area contributed by atoms with Gasteiger partial charge in [-0.1, -0.05) is 27.7 Å². The molecule has 1 aromatic heterocycles. The number of carbonyl (C=O) groups is 1. The lowest BCUT2D eigenvalue weighted by Crippen LogP contribution is -2.24. The number of aromatic nitrogens is 1. The Morgan fingerprint density at radius 2 is 2.05 bits per heavy atom. The molecular weight excluding hydrogens is 272 g/mol. The van der Waals surface area contributed by atoms with Crippen LogP contribution in [0.3, 0.4) is 0 Å². The summed E-state index contributed by atoms with van der Waals surface area (Å²) in [5, 5.41) is 13.5. The number of carboxylic acids is 1. The number of hydrogen-bond acceptors (Lipinski definition) is 4. The smallest absolute Gasteiger partial charge is 0.312 e. The zero-order valence-electron chi connectivity index (χ0n) is 12.6. The monoisotopic (exact) mass is 296 g/mol. The second kappa shape index (κ2) is 6.12. The van der Waals surface area contributed by atoms with Gasteiger partial charge in [-0.2, -0.15) is 0 Å². The Kier molecular flexibility index (Phi) is 4.68. The van der Waals surface area contributed by atoms with Crippen LogP contribution in [-0.4, -0.2) is 22.6 Å². The van der Waals surface area contributed by atoms with E-state index in [0.717, 1.165) is 28.7 Å². The highest BCUT2D eigenvalue weighted by atomic mass is 32.1. The number of nitrogens with zero attached hydrogens (tertiary/aromatic N) is 1. The SMILES string of the molecule is CC(C)C(CNc1nc2c(s1)CCC2C(=O)O)C(C)C. The lowest BCUT2D eigenvalue weighted by molar-refractivity contribution is -0.138. The Hall–Kier alpha value is -1.10. The van der Waals surface area contributed by atoms with Gasteiger partial charge >= 0.3 is 5.97 Å². The topological polar surface area (TPSA) is 62.2 Å². The average molecular weight is 296 g/mol. The summed E-state index contributed by atoms with van der Waals surface area (Å²) in [6.07, 6.45) is 1.55. The summed E-state index contributed by atoms with van der Waals surface area (Å²) < 4.78 is 0. The number of aliphatic carboxylic acids is 1. The molecule has 0 saturated heterocycles. The third-order valence-corrected chi connectivity index (χ3v) is 5.31. The Bertz CT molecular complexity index is 474. The molecule has 1 aliphatic carbocycles. The number of anilines is 1. The molecule has 1 aliphatic rings. The van der Waals surface area contributed by atoms with Crippen molar-refractivity contribution in [3.05, 3.63) is 10.6 Å². The van der Waals surface area contributed by atoms with Crippen LogP contribution in [0.15, 0.2) is 0 Å². The fourth-order valence-corrected chi connectivity index (χ4v) is 4.03. The lowest BCUT2D eigenvalue weighted by atomic mass is 9.86. The van der Waals surface area contributed by atoms with E-state index < -0.39 is 11.9 Å². The number of rotatable bonds is 6. The van der Waals surface area contributed by atoms with Gasteiger partial charge in [-0.25, -0.2) is 4.98 Å². The first-order valence-electron chi connectivity index (χ1n) is 7.36. The van der Waals surface area contributed by atoms with Crippen molar-refractivity contribution < 1.29 is 9.90 Å². The summed E-state index contributed by atoms with van der Waals surface area (Å²) >= 11 is 1.62. The van der Waals surface area contributed by atoms with E-state index in [1.807, 2.05) is 0 Å². The molecule has 0 aliphatic heterocycles. The number of nitrogens with one attached hydrogen (secondary N) is 1. The van der Waals surface area contributed by atoms with Crippen LogP contribution < -0.4 is 5.32 Å². The number of hydrogen-bond donors (Lipinski definition) is 2. The molecule has 2 N–H and O–H groups in total. The second-order valence-corrected chi connectivity index (χ2v) is 7.37. The van der Waals surface area contributed by atoms with E-state index in [9.17, 15) is 9.90 Å². The summed E-state index contributed by atoms with van der Waals surface area (Å²) in [5.74, 6) is 0.705. The van der Waals surface area contributed by atoms with Gasteiger partial charge in [0.1, 0.15) is 5.92 Å². The molecule has 1 heterocycles. The van der Waals surface area contributed by atoms with Gasteiger partial charge in [-0.3, -0.25) is 4.79 Å². The van der Waals surface area contributed by atoms with Gasteiger partial charge in [-0.05, 0) is 30.6 Å². The zero-order valence-corrected chi connectivity index (χ0v) is 13.5. The predicted molar refractivity (Wildman–Crippen MR) is 82.5 cm³/mol. The molecule has 2 rings (SSSR count). The summed E-state index contributed by atoms with van der Waals surface area (Å²) in [5.41, 5.74) is 0.788. The maximum absolute atomic E-state index is 11.2. The van der Waals surface area contributed by atoms with Crippen LogP contribution in [0.5, 0.6) is 0 Å². The van der Waals surface area contributed by atoms with Gasteiger partial charge in [0.15, 0.2) is 5.13 Å². The first-order valence-corrected chi connectivity index (χ1v) is 8.18. The van der Waals surface area contributed by atoms with Crippen molar-refractivity contribution >= 4 is 22.4 Å². The lowest BCUT2D eigenvalue weighted by Gasteiger charge is -2.24. The molecule has 4 nitrogen and oxygen atoms in total. The van der Waals surface area contributed by atoms with Crippen LogP contribution in [0.1, 0.15) is 50.6 Å². The molecule has 5 heteroatoms. The van der Waals surface area contributed by atoms with Crippen LogP contribution in [-0.2, 0) is 11.2 Å². The van der Waals surface area contributed by atoms with E-state index in [1.165, 1.54) is 0 Å². The summed E-state index contributed by atoms with van der Waals surface area (Å²) in [6.45, 7) is 9.88. The van der Waals surface area contributed by atoms with Gasteiger partial charge in [0.25, 0.3) is 0 Å². The normalized spacial score (nSPS) is 18.1. The maximum atomic E-state index is 11.2. The van der Waals surface area contributed by atoms with Crippen molar-refractivity contribution in [3.63, 3.8) is 0 Å². The fraction of sp³-hybridized carbons (Fsp3) is 0.733. The van der Waals surface area contributed by atoms with Gasteiger partial charge in [0.05, 0.1) is 5.69 Å².